The van der Waals surface area contributed by atoms with Crippen LogP contribution in [0.2, 0.25) is 0 Å². The number of carbonyl (C=O) groups is 4. The molecule has 426 valence electrons. The summed E-state index contributed by atoms with van der Waals surface area (Å²) in [5.74, 6) is -7.58. The van der Waals surface area contributed by atoms with Crippen molar-refractivity contribution in [2.24, 2.45) is 0 Å². The number of nitrogens with zero attached hydrogens (tertiary/aromatic N) is 2. The van der Waals surface area contributed by atoms with Gasteiger partial charge in [-0.05, 0) is 126 Å². The molecule has 1 amide bonds. The number of oxazole rings is 2. The molecule has 0 bridgehead atoms. The number of fused-ring (bicyclic) bond motifs is 2. The first-order valence-electron chi connectivity index (χ1n) is 24.3. The summed E-state index contributed by atoms with van der Waals surface area (Å²) in [6.07, 6.45) is -2.66. The van der Waals surface area contributed by atoms with Crippen LogP contribution in [0.1, 0.15) is 44.1 Å². The molecule has 2 atom stereocenters. The van der Waals surface area contributed by atoms with Gasteiger partial charge in [-0.25, -0.2) is 50.3 Å². The molecule has 0 aliphatic carbocycles. The number of nitrogens with one attached hydrogen (secondary N) is 1. The van der Waals surface area contributed by atoms with E-state index in [4.69, 9.17) is 35.4 Å². The second-order valence-corrected chi connectivity index (χ2v) is 17.5. The lowest BCUT2D eigenvalue weighted by Gasteiger charge is -2.17. The van der Waals surface area contributed by atoms with Crippen LogP contribution in [0.3, 0.4) is 0 Å². The maximum atomic E-state index is 13.9. The maximum absolute atomic E-state index is 13.9. The van der Waals surface area contributed by atoms with Gasteiger partial charge in [-0.2, -0.15) is 0 Å². The standard InChI is InChI=1S/C21H14FNO4.C13H9F2NO2.C13H7F2NO.C8H8O3.C7H3ClF2O/c22-14-10-11-17(26-19(21(24)25)13-6-2-1-3-7-13)15(12-14)20-23-16-8-4-5-9-18(16)27-20;14-8-5-6-10(15)9(7-8)13(18)16-11-3-1-2-4-12(11)17;14-8-5-6-10(15)9(7-8)13-16-11-3-1-2-4-12(11)17-13;9-7(8(10)11)6-4-2-1-3-5-6;8-7(11)5-3-4(9)1-2-6(5)10/h1-12,19H,(H,24,25);1-7,17H,(H,16,18);1-7H;1-5,7,9H,(H,10,11);1-3H. The SMILES string of the molecule is Fc1ccc(F)c(-c2nc3ccccc3o2)c1.O=C(Cl)c1cc(F)ccc1F.O=C(Nc1ccccc1O)c1cc(F)ccc1F.O=C(O)C(O)c1ccccc1.O=C(O)C(Oc1ccc(F)cc1-c1nc2ccccc2o1)c1ccccc1. The zero-order valence-corrected chi connectivity index (χ0v) is 43.6. The van der Waals surface area contributed by atoms with E-state index in [1.165, 1.54) is 30.3 Å². The largest absolute Gasteiger partial charge is 0.506 e. The average molecular weight is 1170 g/mol. The number of aliphatic carboxylic acids is 2. The number of carboxylic acid groups (broad SMARTS) is 2. The molecule has 11 aromatic rings. The Balaban J connectivity index is 0.000000157. The quantitative estimate of drug-likeness (QED) is 0.0462. The number of anilines is 1. The van der Waals surface area contributed by atoms with Gasteiger partial charge in [0.1, 0.15) is 63.3 Å². The Bertz CT molecular complexity index is 4030. The fourth-order valence-corrected chi connectivity index (χ4v) is 7.44. The van der Waals surface area contributed by atoms with E-state index in [-0.39, 0.29) is 40.1 Å². The van der Waals surface area contributed by atoms with Crippen molar-refractivity contribution in [3.63, 3.8) is 0 Å². The molecule has 84 heavy (non-hydrogen) atoms. The van der Waals surface area contributed by atoms with Crippen molar-refractivity contribution in [2.45, 2.75) is 12.2 Å². The van der Waals surface area contributed by atoms with E-state index in [2.05, 4.69) is 15.3 Å². The first-order valence-corrected chi connectivity index (χ1v) is 24.7. The number of ether oxygens (including phenoxy) is 1. The van der Waals surface area contributed by atoms with Gasteiger partial charge in [0.15, 0.2) is 17.3 Å². The number of rotatable bonds is 11. The molecule has 22 heteroatoms. The Morgan fingerprint density at radius 2 is 0.929 bits per heavy atom. The highest BCUT2D eigenvalue weighted by atomic mass is 35.5. The minimum absolute atomic E-state index is 0.0289. The third kappa shape index (κ3) is 16.5. The van der Waals surface area contributed by atoms with Crippen molar-refractivity contribution in [1.29, 1.82) is 0 Å². The monoisotopic (exact) mass is 1170 g/mol. The van der Waals surface area contributed by atoms with E-state index in [1.54, 1.807) is 115 Å². The number of halogens is 8. The van der Waals surface area contributed by atoms with Gasteiger partial charge in [0.25, 0.3) is 11.1 Å². The number of amides is 1. The molecule has 2 unspecified atom stereocenters. The highest BCUT2D eigenvalue weighted by Crippen LogP contribution is 2.36. The number of benzene rings is 9. The van der Waals surface area contributed by atoms with Crippen LogP contribution in [0.4, 0.5) is 36.4 Å². The molecule has 0 fully saturated rings. The molecule has 0 aliphatic rings. The van der Waals surface area contributed by atoms with Crippen molar-refractivity contribution in [2.75, 3.05) is 5.32 Å². The van der Waals surface area contributed by atoms with Gasteiger partial charge in [-0.15, -0.1) is 0 Å². The highest BCUT2D eigenvalue weighted by molar-refractivity contribution is 6.67. The van der Waals surface area contributed by atoms with Crippen LogP contribution in [-0.4, -0.2) is 53.5 Å². The lowest BCUT2D eigenvalue weighted by atomic mass is 10.1. The summed E-state index contributed by atoms with van der Waals surface area (Å²) in [4.78, 5) is 52.5. The van der Waals surface area contributed by atoms with Crippen LogP contribution in [0.5, 0.6) is 11.5 Å². The molecule has 0 spiro atoms. The summed E-state index contributed by atoms with van der Waals surface area (Å²) in [5.41, 5.74) is 2.74. The van der Waals surface area contributed by atoms with Gasteiger partial charge >= 0.3 is 11.9 Å². The number of carbonyl (C=O) groups excluding carboxylic acids is 2. The van der Waals surface area contributed by atoms with E-state index in [9.17, 15) is 60.1 Å². The van der Waals surface area contributed by atoms with Gasteiger partial charge in [0, 0.05) is 5.56 Å². The highest BCUT2D eigenvalue weighted by Gasteiger charge is 2.25. The average Bonchev–Trinajstić information content (AvgIpc) is 4.15. The number of aliphatic hydroxyl groups is 1. The second kappa shape index (κ2) is 28.7. The predicted molar refractivity (Wildman–Crippen MR) is 294 cm³/mol. The van der Waals surface area contributed by atoms with E-state index < -0.39 is 87.1 Å². The third-order valence-electron chi connectivity index (χ3n) is 11.3. The molecule has 14 nitrogen and oxygen atoms in total. The summed E-state index contributed by atoms with van der Waals surface area (Å²) in [5, 5.41) is 37.7. The van der Waals surface area contributed by atoms with Crippen molar-refractivity contribution < 1.29 is 83.9 Å². The van der Waals surface area contributed by atoms with E-state index >= 15 is 0 Å². The van der Waals surface area contributed by atoms with Crippen molar-refractivity contribution in [3.05, 3.63) is 269 Å². The Morgan fingerprint density at radius 3 is 1.44 bits per heavy atom. The van der Waals surface area contributed by atoms with Crippen LogP contribution in [-0.2, 0) is 9.59 Å². The number of phenols is 1. The van der Waals surface area contributed by atoms with Gasteiger partial charge < -0.3 is 39.3 Å². The second-order valence-electron chi connectivity index (χ2n) is 17.1. The number of aliphatic hydroxyl groups excluding tert-OH is 1. The summed E-state index contributed by atoms with van der Waals surface area (Å²) >= 11 is 4.93. The summed E-state index contributed by atoms with van der Waals surface area (Å²) in [6, 6.07) is 49.1. The number of hydrogen-bond donors (Lipinski definition) is 5. The van der Waals surface area contributed by atoms with Gasteiger partial charge in [-0.3, -0.25) is 9.59 Å². The Morgan fingerprint density at radius 1 is 0.488 bits per heavy atom. The molecule has 0 aliphatic heterocycles. The fraction of sp³-hybridized carbons (Fsp3) is 0.0323. The Labute approximate surface area is 475 Å². The smallest absolute Gasteiger partial charge is 0.349 e. The molecule has 2 aromatic heterocycles. The number of phenolic OH excluding ortho intramolecular Hbond substituents is 1. The van der Waals surface area contributed by atoms with E-state index in [0.717, 1.165) is 54.6 Å². The fourth-order valence-electron chi connectivity index (χ4n) is 7.29. The minimum atomic E-state index is -1.41. The molecular formula is C62H41ClF7N3O11. The van der Waals surface area contributed by atoms with Crippen LogP contribution < -0.4 is 10.1 Å². The summed E-state index contributed by atoms with van der Waals surface area (Å²) < 4.78 is 108. The maximum Gasteiger partial charge on any atom is 0.349 e. The topological polar surface area (TPSA) is 223 Å². The lowest BCUT2D eigenvalue weighted by Crippen LogP contribution is -2.18. The molecule has 5 N–H and O–H groups in total. The Kier molecular flexibility index (Phi) is 20.8. The molecule has 0 radical (unpaired) electrons. The van der Waals surface area contributed by atoms with Crippen molar-refractivity contribution >= 4 is 62.6 Å². The molecule has 9 aromatic carbocycles. The number of hydrogen-bond acceptors (Lipinski definition) is 11. The Hall–Kier alpha value is -10.6. The first-order chi connectivity index (χ1) is 40.3. The van der Waals surface area contributed by atoms with Crippen LogP contribution in [0.15, 0.2) is 215 Å². The lowest BCUT2D eigenvalue weighted by molar-refractivity contribution is -0.147. The molecule has 0 saturated heterocycles. The van der Waals surface area contributed by atoms with E-state index in [1.807, 2.05) is 6.07 Å². The first kappa shape index (κ1) is 61.0. The third-order valence-corrected chi connectivity index (χ3v) is 11.5. The van der Waals surface area contributed by atoms with E-state index in [0.29, 0.717) is 33.3 Å². The predicted octanol–water partition coefficient (Wildman–Crippen LogP) is 14.7. The van der Waals surface area contributed by atoms with Gasteiger partial charge in [-0.1, -0.05) is 97.1 Å². The van der Waals surface area contributed by atoms with Crippen molar-refractivity contribution in [3.8, 4) is 34.4 Å². The van der Waals surface area contributed by atoms with Crippen molar-refractivity contribution in [1.82, 2.24) is 9.97 Å². The van der Waals surface area contributed by atoms with Crippen LogP contribution in [0, 0.1) is 40.7 Å². The minimum Gasteiger partial charge on any atom is -0.506 e. The van der Waals surface area contributed by atoms with Gasteiger partial charge in [0.05, 0.1) is 27.9 Å². The summed E-state index contributed by atoms with van der Waals surface area (Å²) in [6.45, 7) is 0. The summed E-state index contributed by atoms with van der Waals surface area (Å²) in [7, 11) is 0. The number of aromatic hydroxyl groups is 1. The molecule has 2 heterocycles. The number of aromatic nitrogens is 2. The number of carboxylic acids is 2. The normalized spacial score (nSPS) is 11.2. The van der Waals surface area contributed by atoms with Crippen LogP contribution in [0.25, 0.3) is 45.1 Å². The van der Waals surface area contributed by atoms with Gasteiger partial charge in [0.2, 0.25) is 17.9 Å². The molecule has 0 saturated carbocycles. The molecule has 11 rings (SSSR count). The zero-order chi connectivity index (χ0) is 60.5. The zero-order valence-electron chi connectivity index (χ0n) is 42.8. The number of para-hydroxylation sites is 6. The van der Waals surface area contributed by atoms with Crippen LogP contribution >= 0.6 is 11.6 Å². The molecular weight excluding hydrogens is 1130 g/mol.